The van der Waals surface area contributed by atoms with Crippen LogP contribution in [0.3, 0.4) is 0 Å². The summed E-state index contributed by atoms with van der Waals surface area (Å²) in [7, 11) is 1.57. The Morgan fingerprint density at radius 3 is 2.57 bits per heavy atom. The highest BCUT2D eigenvalue weighted by Crippen LogP contribution is 2.36. The molecule has 0 bridgehead atoms. The first kappa shape index (κ1) is 24.6. The van der Waals surface area contributed by atoms with E-state index >= 15 is 0 Å². The van der Waals surface area contributed by atoms with Crippen LogP contribution in [0.15, 0.2) is 83.2 Å². The van der Waals surface area contributed by atoms with Crippen molar-refractivity contribution in [2.24, 2.45) is 4.99 Å². The van der Waals surface area contributed by atoms with Crippen molar-refractivity contribution in [1.29, 1.82) is 0 Å². The number of nitrogens with one attached hydrogen (secondary N) is 1. The number of allylic oxidation sites excluding steroid dienone is 1. The molecule has 35 heavy (non-hydrogen) atoms. The molecule has 1 N–H and O–H groups in total. The Hall–Kier alpha value is -3.55. The molecule has 0 unspecified atom stereocenters. The molecule has 8 heteroatoms. The quantitative estimate of drug-likeness (QED) is 0.272. The van der Waals surface area contributed by atoms with Crippen molar-refractivity contribution < 1.29 is 18.7 Å². The summed E-state index contributed by atoms with van der Waals surface area (Å²) in [5.41, 5.74) is 3.17. The van der Waals surface area contributed by atoms with Crippen LogP contribution in [0.25, 0.3) is 6.08 Å². The number of carbonyl (C=O) groups excluding carboxylic acids is 1. The fourth-order valence-corrected chi connectivity index (χ4v) is 4.36. The molecule has 3 aromatic rings. The van der Waals surface area contributed by atoms with Crippen LogP contribution in [-0.4, -0.2) is 18.2 Å². The third kappa shape index (κ3) is 6.32. The maximum atomic E-state index is 13.1. The number of ether oxygens (including phenoxy) is 2. The molecule has 5 nitrogen and oxygen atoms in total. The zero-order valence-electron chi connectivity index (χ0n) is 18.9. The summed E-state index contributed by atoms with van der Waals surface area (Å²) in [5, 5.41) is 3.83. The number of hydrogen-bond acceptors (Lipinski definition) is 5. The molecular formula is C27H22ClFN2O3S. The Balaban J connectivity index is 1.58. The van der Waals surface area contributed by atoms with Crippen LogP contribution < -0.4 is 14.8 Å². The van der Waals surface area contributed by atoms with Crippen LogP contribution in [0.5, 0.6) is 11.5 Å². The van der Waals surface area contributed by atoms with Gasteiger partial charge < -0.3 is 14.8 Å². The van der Waals surface area contributed by atoms with Gasteiger partial charge in [-0.2, -0.15) is 0 Å². The number of halogens is 2. The molecule has 1 saturated heterocycles. The first-order valence-electron chi connectivity index (χ1n) is 10.7. The van der Waals surface area contributed by atoms with E-state index in [0.717, 1.165) is 16.7 Å². The van der Waals surface area contributed by atoms with E-state index in [1.807, 2.05) is 36.4 Å². The number of carbonyl (C=O) groups is 1. The van der Waals surface area contributed by atoms with E-state index in [4.69, 9.17) is 21.1 Å². The van der Waals surface area contributed by atoms with Gasteiger partial charge in [0.25, 0.3) is 5.91 Å². The normalized spacial score (nSPS) is 15.3. The number of rotatable bonds is 8. The smallest absolute Gasteiger partial charge is 0.264 e. The lowest BCUT2D eigenvalue weighted by atomic mass is 10.0. The minimum absolute atomic E-state index is 0.261. The molecule has 4 rings (SSSR count). The van der Waals surface area contributed by atoms with Crippen molar-refractivity contribution in [3.05, 3.63) is 106 Å². The largest absolute Gasteiger partial charge is 0.493 e. The number of thioether (sulfide) groups is 1. The summed E-state index contributed by atoms with van der Waals surface area (Å²) in [6.45, 7) is 4.19. The molecule has 0 aromatic heterocycles. The maximum absolute atomic E-state index is 13.1. The molecule has 3 aromatic carbocycles. The lowest BCUT2D eigenvalue weighted by molar-refractivity contribution is -0.115. The van der Waals surface area contributed by atoms with Gasteiger partial charge >= 0.3 is 0 Å². The highest BCUT2D eigenvalue weighted by Gasteiger charge is 2.24. The molecule has 0 radical (unpaired) electrons. The van der Waals surface area contributed by atoms with Gasteiger partial charge in [-0.1, -0.05) is 29.8 Å². The van der Waals surface area contributed by atoms with Gasteiger partial charge in [0.1, 0.15) is 12.4 Å². The number of hydrogen-bond donors (Lipinski definition) is 1. The van der Waals surface area contributed by atoms with Crippen LogP contribution >= 0.6 is 23.4 Å². The Kier molecular flexibility index (Phi) is 7.90. The van der Waals surface area contributed by atoms with Crippen LogP contribution in [0.4, 0.5) is 10.1 Å². The fraction of sp³-hybridized carbons (Fsp3) is 0.111. The van der Waals surface area contributed by atoms with Gasteiger partial charge in [-0.05, 0) is 83.9 Å². The summed E-state index contributed by atoms with van der Waals surface area (Å²) < 4.78 is 24.8. The molecule has 1 aliphatic heterocycles. The van der Waals surface area contributed by atoms with Crippen molar-refractivity contribution in [1.82, 2.24) is 5.32 Å². The molecule has 1 fully saturated rings. The minimum Gasteiger partial charge on any atom is -0.493 e. The molecule has 0 saturated carbocycles. The number of aliphatic imine (C=N–C) groups is 1. The van der Waals surface area contributed by atoms with Gasteiger partial charge in [0, 0.05) is 10.6 Å². The second-order valence-corrected chi connectivity index (χ2v) is 9.04. The second kappa shape index (κ2) is 11.3. The third-order valence-electron chi connectivity index (χ3n) is 5.04. The summed E-state index contributed by atoms with van der Waals surface area (Å²) >= 11 is 7.18. The molecule has 0 aliphatic carbocycles. The summed E-state index contributed by atoms with van der Waals surface area (Å²) in [6.07, 6.45) is 4.11. The zero-order chi connectivity index (χ0) is 24.8. The van der Waals surface area contributed by atoms with E-state index < -0.39 is 0 Å². The number of nitrogens with zero attached hydrogens (tertiary/aromatic N) is 1. The SMILES string of the molecule is C=CCc1cc(/C=C2/SC(=Nc3ccc(F)cc3)NC2=O)cc(OC)c1OCc1ccc(Cl)cc1. The zero-order valence-corrected chi connectivity index (χ0v) is 20.5. The van der Waals surface area contributed by atoms with Crippen LogP contribution in [0.1, 0.15) is 16.7 Å². The van der Waals surface area contributed by atoms with E-state index in [9.17, 15) is 9.18 Å². The van der Waals surface area contributed by atoms with E-state index in [1.54, 1.807) is 31.4 Å². The van der Waals surface area contributed by atoms with Crippen molar-refractivity contribution in [2.45, 2.75) is 13.0 Å². The van der Waals surface area contributed by atoms with Gasteiger partial charge in [0.15, 0.2) is 16.7 Å². The molecular weight excluding hydrogens is 487 g/mol. The minimum atomic E-state index is -0.345. The molecule has 178 valence electrons. The Bertz CT molecular complexity index is 1310. The first-order chi connectivity index (χ1) is 16.9. The molecule has 1 amide bonds. The van der Waals surface area contributed by atoms with Gasteiger partial charge in [-0.15, -0.1) is 6.58 Å². The fourth-order valence-electron chi connectivity index (χ4n) is 3.39. The predicted octanol–water partition coefficient (Wildman–Crippen LogP) is 6.69. The van der Waals surface area contributed by atoms with E-state index in [0.29, 0.717) is 45.3 Å². The topological polar surface area (TPSA) is 59.9 Å². The average molecular weight is 509 g/mol. The standard InChI is InChI=1S/C27H22ClFN2O3S/c1-3-4-19-13-18(14-23(33-2)25(19)34-16-17-5-7-20(28)8-6-17)15-24-26(32)31-27(35-24)30-22-11-9-21(29)10-12-22/h3,5-15H,1,4,16H2,2H3,(H,30,31,32)/b24-15+. The van der Waals surface area contributed by atoms with Crippen molar-refractivity contribution in [3.63, 3.8) is 0 Å². The van der Waals surface area contributed by atoms with E-state index in [2.05, 4.69) is 16.9 Å². The van der Waals surface area contributed by atoms with Gasteiger partial charge in [0.05, 0.1) is 17.7 Å². The van der Waals surface area contributed by atoms with Crippen LogP contribution in [0, 0.1) is 5.82 Å². The lowest BCUT2D eigenvalue weighted by Crippen LogP contribution is -2.19. The third-order valence-corrected chi connectivity index (χ3v) is 6.20. The average Bonchev–Trinajstić information content (AvgIpc) is 3.19. The second-order valence-electron chi connectivity index (χ2n) is 7.58. The molecule has 0 spiro atoms. The molecule has 0 atom stereocenters. The lowest BCUT2D eigenvalue weighted by Gasteiger charge is -2.16. The monoisotopic (exact) mass is 508 g/mol. The van der Waals surface area contributed by atoms with E-state index in [-0.39, 0.29) is 11.7 Å². The van der Waals surface area contributed by atoms with Crippen molar-refractivity contribution in [3.8, 4) is 11.5 Å². The van der Waals surface area contributed by atoms with Crippen molar-refractivity contribution in [2.75, 3.05) is 7.11 Å². The summed E-state index contributed by atoms with van der Waals surface area (Å²) in [6, 6.07) is 16.9. The van der Waals surface area contributed by atoms with Gasteiger partial charge in [0.2, 0.25) is 0 Å². The predicted molar refractivity (Wildman–Crippen MR) is 140 cm³/mol. The Labute approximate surface area is 212 Å². The molecule has 1 aliphatic rings. The Morgan fingerprint density at radius 2 is 1.89 bits per heavy atom. The maximum Gasteiger partial charge on any atom is 0.264 e. The highest BCUT2D eigenvalue weighted by atomic mass is 35.5. The number of benzene rings is 3. The van der Waals surface area contributed by atoms with Gasteiger partial charge in [-0.25, -0.2) is 9.38 Å². The summed E-state index contributed by atoms with van der Waals surface area (Å²) in [4.78, 5) is 17.4. The highest BCUT2D eigenvalue weighted by molar-refractivity contribution is 8.18. The molecule has 1 heterocycles. The first-order valence-corrected chi connectivity index (χ1v) is 11.9. The van der Waals surface area contributed by atoms with Crippen molar-refractivity contribution >= 4 is 46.2 Å². The number of amides is 1. The van der Waals surface area contributed by atoms with Crippen LogP contribution in [0.2, 0.25) is 5.02 Å². The Morgan fingerprint density at radius 1 is 1.14 bits per heavy atom. The van der Waals surface area contributed by atoms with E-state index in [1.165, 1.54) is 23.9 Å². The summed E-state index contributed by atoms with van der Waals surface area (Å²) in [5.74, 6) is 0.561. The van der Waals surface area contributed by atoms with Crippen LogP contribution in [-0.2, 0) is 17.8 Å². The number of amidine groups is 1. The number of methoxy groups -OCH3 is 1. The van der Waals surface area contributed by atoms with Gasteiger partial charge in [-0.3, -0.25) is 4.79 Å².